The second-order valence-corrected chi connectivity index (χ2v) is 6.55. The number of rotatable bonds is 5. The summed E-state index contributed by atoms with van der Waals surface area (Å²) in [6.07, 6.45) is 5.34. The van der Waals surface area contributed by atoms with E-state index in [1.54, 1.807) is 7.11 Å². The Balaban J connectivity index is 1.75. The molecular formula is C18H28N2O. The number of nitrogens with zero attached hydrogens (tertiary/aromatic N) is 1. The molecule has 0 radical (unpaired) electrons. The van der Waals surface area contributed by atoms with E-state index >= 15 is 0 Å². The third kappa shape index (κ3) is 3.09. The van der Waals surface area contributed by atoms with Crippen molar-refractivity contribution in [1.82, 2.24) is 10.2 Å². The van der Waals surface area contributed by atoms with Crippen molar-refractivity contribution in [3.8, 4) is 5.75 Å². The maximum absolute atomic E-state index is 5.38. The van der Waals surface area contributed by atoms with Crippen molar-refractivity contribution in [3.63, 3.8) is 0 Å². The van der Waals surface area contributed by atoms with Crippen LogP contribution in [-0.2, 0) is 0 Å². The van der Waals surface area contributed by atoms with Crippen LogP contribution in [0.5, 0.6) is 5.75 Å². The summed E-state index contributed by atoms with van der Waals surface area (Å²) in [5, 5.41) is 3.75. The molecule has 2 fully saturated rings. The maximum atomic E-state index is 5.38. The van der Waals surface area contributed by atoms with Crippen LogP contribution in [0.25, 0.3) is 0 Å². The minimum atomic E-state index is 0.451. The number of hydrogen-bond donors (Lipinski definition) is 1. The minimum absolute atomic E-state index is 0.451. The fraction of sp³-hybridized carbons (Fsp3) is 0.667. The lowest BCUT2D eigenvalue weighted by Gasteiger charge is -2.40. The summed E-state index contributed by atoms with van der Waals surface area (Å²) < 4.78 is 5.38. The molecule has 0 spiro atoms. The van der Waals surface area contributed by atoms with Gasteiger partial charge < -0.3 is 10.1 Å². The monoisotopic (exact) mass is 288 g/mol. The molecule has 2 aliphatic rings. The average Bonchev–Trinajstić information content (AvgIpc) is 2.86. The summed E-state index contributed by atoms with van der Waals surface area (Å²) >= 11 is 0. The first kappa shape index (κ1) is 14.9. The van der Waals surface area contributed by atoms with Gasteiger partial charge in [0, 0.05) is 24.2 Å². The highest BCUT2D eigenvalue weighted by Gasteiger charge is 2.37. The number of hydrogen-bond acceptors (Lipinski definition) is 3. The van der Waals surface area contributed by atoms with E-state index in [9.17, 15) is 0 Å². The smallest absolute Gasteiger partial charge is 0.119 e. The maximum Gasteiger partial charge on any atom is 0.119 e. The number of piperidine rings is 1. The molecule has 116 valence electrons. The van der Waals surface area contributed by atoms with E-state index in [4.69, 9.17) is 4.74 Å². The first-order chi connectivity index (χ1) is 10.2. The minimum Gasteiger partial charge on any atom is -0.497 e. The second kappa shape index (κ2) is 6.37. The molecule has 0 saturated carbocycles. The van der Waals surface area contributed by atoms with Crippen LogP contribution < -0.4 is 10.1 Å². The average molecular weight is 288 g/mol. The molecule has 1 N–H and O–H groups in total. The van der Waals surface area contributed by atoms with Gasteiger partial charge in [-0.25, -0.2) is 0 Å². The lowest BCUT2D eigenvalue weighted by Crippen LogP contribution is -2.48. The first-order valence-electron chi connectivity index (χ1n) is 8.37. The topological polar surface area (TPSA) is 24.5 Å². The van der Waals surface area contributed by atoms with Gasteiger partial charge in [0.05, 0.1) is 7.11 Å². The van der Waals surface area contributed by atoms with Gasteiger partial charge in [0.2, 0.25) is 0 Å². The zero-order chi connectivity index (χ0) is 14.8. The Bertz CT molecular complexity index is 464. The standard InChI is InChI=1S/C18H28N2O/c1-4-20(17-11-15-8-9-16(12-17)19-15)13(2)14-6-5-7-18(10-14)21-3/h5-7,10,13,15-17,19H,4,8-9,11-12H2,1-3H3. The predicted molar refractivity (Wildman–Crippen MR) is 86.8 cm³/mol. The summed E-state index contributed by atoms with van der Waals surface area (Å²) in [6.45, 7) is 5.74. The van der Waals surface area contributed by atoms with E-state index in [1.165, 1.54) is 31.2 Å². The van der Waals surface area contributed by atoms with Gasteiger partial charge in [0.1, 0.15) is 5.75 Å². The van der Waals surface area contributed by atoms with Crippen molar-refractivity contribution in [2.24, 2.45) is 0 Å². The van der Waals surface area contributed by atoms with Crippen molar-refractivity contribution in [1.29, 1.82) is 0 Å². The van der Waals surface area contributed by atoms with Crippen molar-refractivity contribution < 1.29 is 4.74 Å². The summed E-state index contributed by atoms with van der Waals surface area (Å²) in [4.78, 5) is 2.68. The Hall–Kier alpha value is -1.06. The van der Waals surface area contributed by atoms with Crippen LogP contribution in [0.2, 0.25) is 0 Å². The summed E-state index contributed by atoms with van der Waals surface area (Å²) in [5.74, 6) is 0.959. The van der Waals surface area contributed by atoms with Crippen LogP contribution in [0.4, 0.5) is 0 Å². The lowest BCUT2D eigenvalue weighted by molar-refractivity contribution is 0.107. The van der Waals surface area contributed by atoms with Gasteiger partial charge >= 0.3 is 0 Å². The molecule has 3 rings (SSSR count). The third-order valence-corrected chi connectivity index (χ3v) is 5.36. The molecule has 3 atom stereocenters. The normalized spacial score (nSPS) is 29.6. The Morgan fingerprint density at radius 1 is 1.29 bits per heavy atom. The van der Waals surface area contributed by atoms with Gasteiger partial charge in [-0.05, 0) is 56.8 Å². The second-order valence-electron chi connectivity index (χ2n) is 6.55. The Morgan fingerprint density at radius 2 is 2.00 bits per heavy atom. The summed E-state index contributed by atoms with van der Waals surface area (Å²) in [7, 11) is 1.74. The van der Waals surface area contributed by atoms with Crippen LogP contribution in [-0.4, -0.2) is 36.7 Å². The Kier molecular flexibility index (Phi) is 4.51. The molecule has 0 aromatic heterocycles. The van der Waals surface area contributed by atoms with E-state index in [0.29, 0.717) is 6.04 Å². The molecule has 0 aliphatic carbocycles. The molecule has 0 amide bonds. The summed E-state index contributed by atoms with van der Waals surface area (Å²) in [6, 6.07) is 11.2. The van der Waals surface area contributed by atoms with E-state index in [-0.39, 0.29) is 0 Å². The van der Waals surface area contributed by atoms with Gasteiger partial charge in [-0.2, -0.15) is 0 Å². The fourth-order valence-corrected chi connectivity index (χ4v) is 4.24. The van der Waals surface area contributed by atoms with Crippen molar-refractivity contribution in [2.75, 3.05) is 13.7 Å². The van der Waals surface area contributed by atoms with Crippen molar-refractivity contribution in [3.05, 3.63) is 29.8 Å². The molecule has 2 saturated heterocycles. The van der Waals surface area contributed by atoms with E-state index in [1.807, 2.05) is 6.07 Å². The molecule has 2 heterocycles. The molecule has 1 aromatic rings. The third-order valence-electron chi connectivity index (χ3n) is 5.36. The molecule has 1 aromatic carbocycles. The van der Waals surface area contributed by atoms with E-state index in [0.717, 1.165) is 30.4 Å². The quantitative estimate of drug-likeness (QED) is 0.899. The Labute approximate surface area is 128 Å². The van der Waals surface area contributed by atoms with Gasteiger partial charge in [-0.3, -0.25) is 4.90 Å². The van der Waals surface area contributed by atoms with Crippen LogP contribution in [0, 0.1) is 0 Å². The molecule has 21 heavy (non-hydrogen) atoms. The van der Waals surface area contributed by atoms with Crippen LogP contribution in [0.3, 0.4) is 0 Å². The molecule has 3 heteroatoms. The highest BCUT2D eigenvalue weighted by Crippen LogP contribution is 2.34. The molecule has 2 bridgehead atoms. The number of methoxy groups -OCH3 is 1. The molecule has 3 unspecified atom stereocenters. The highest BCUT2D eigenvalue weighted by molar-refractivity contribution is 5.30. The molecule has 2 aliphatic heterocycles. The first-order valence-corrected chi connectivity index (χ1v) is 8.37. The van der Waals surface area contributed by atoms with Crippen molar-refractivity contribution in [2.45, 2.75) is 63.7 Å². The van der Waals surface area contributed by atoms with Crippen LogP contribution >= 0.6 is 0 Å². The van der Waals surface area contributed by atoms with Crippen LogP contribution in [0.15, 0.2) is 24.3 Å². The van der Waals surface area contributed by atoms with Crippen LogP contribution in [0.1, 0.15) is 51.1 Å². The van der Waals surface area contributed by atoms with Gasteiger partial charge in [-0.15, -0.1) is 0 Å². The van der Waals surface area contributed by atoms with Gasteiger partial charge in [0.15, 0.2) is 0 Å². The number of fused-ring (bicyclic) bond motifs is 2. The van der Waals surface area contributed by atoms with Gasteiger partial charge in [-0.1, -0.05) is 19.1 Å². The van der Waals surface area contributed by atoms with Crippen molar-refractivity contribution >= 4 is 0 Å². The fourth-order valence-electron chi connectivity index (χ4n) is 4.24. The lowest BCUT2D eigenvalue weighted by atomic mass is 9.95. The number of ether oxygens (including phenoxy) is 1. The molecular weight excluding hydrogens is 260 g/mol. The summed E-state index contributed by atoms with van der Waals surface area (Å²) in [5.41, 5.74) is 1.36. The van der Waals surface area contributed by atoms with Gasteiger partial charge in [0.25, 0.3) is 0 Å². The SMILES string of the molecule is CCN(C1CC2CCC(C1)N2)C(C)c1cccc(OC)c1. The van der Waals surface area contributed by atoms with E-state index in [2.05, 4.69) is 42.3 Å². The van der Waals surface area contributed by atoms with E-state index < -0.39 is 0 Å². The Morgan fingerprint density at radius 3 is 2.62 bits per heavy atom. The largest absolute Gasteiger partial charge is 0.497 e. The highest BCUT2D eigenvalue weighted by atomic mass is 16.5. The zero-order valence-electron chi connectivity index (χ0n) is 13.5. The molecule has 3 nitrogen and oxygen atoms in total. The number of nitrogens with one attached hydrogen (secondary N) is 1. The number of benzene rings is 1. The predicted octanol–water partition coefficient (Wildman–Crippen LogP) is 3.36. The zero-order valence-corrected chi connectivity index (χ0v) is 13.5.